The molecule has 1 unspecified atom stereocenters. The molecule has 0 aromatic carbocycles. The van der Waals surface area contributed by atoms with Crippen molar-refractivity contribution in [1.82, 2.24) is 15.1 Å². The first-order valence-electron chi connectivity index (χ1n) is 7.30. The maximum Gasteiger partial charge on any atom is 0.313 e. The summed E-state index contributed by atoms with van der Waals surface area (Å²) in [4.78, 5) is 10.6. The van der Waals surface area contributed by atoms with Crippen molar-refractivity contribution in [3.05, 3.63) is 22.0 Å². The fourth-order valence-electron chi connectivity index (χ4n) is 1.86. The Labute approximate surface area is 131 Å². The number of hydrogen-bond donors (Lipinski definition) is 2. The monoisotopic (exact) mass is 330 g/mol. The first-order chi connectivity index (χ1) is 10.2. The molecule has 126 valence electrons. The molecule has 0 amide bonds. The van der Waals surface area contributed by atoms with Crippen LogP contribution in [0.5, 0.6) is 0 Å². The summed E-state index contributed by atoms with van der Waals surface area (Å²) in [5, 5.41) is 28.3. The molecule has 0 saturated heterocycles. The predicted octanol–water partition coefficient (Wildman–Crippen LogP) is 1.74. The van der Waals surface area contributed by atoms with Crippen LogP contribution in [0, 0.1) is 10.1 Å². The Morgan fingerprint density at radius 1 is 1.55 bits per heavy atom. The van der Waals surface area contributed by atoms with Crippen molar-refractivity contribution in [3.8, 4) is 0 Å². The molecule has 1 aromatic heterocycles. The molecule has 9 heteroatoms. The molecule has 0 spiro atoms. The lowest BCUT2D eigenvalue weighted by atomic mass is 10.1. The van der Waals surface area contributed by atoms with Crippen LogP contribution in [0.3, 0.4) is 0 Å². The van der Waals surface area contributed by atoms with E-state index in [1.165, 1.54) is 4.68 Å². The van der Waals surface area contributed by atoms with Crippen LogP contribution in [0.25, 0.3) is 0 Å². The van der Waals surface area contributed by atoms with Gasteiger partial charge < -0.3 is 15.2 Å². The van der Waals surface area contributed by atoms with Gasteiger partial charge in [0.15, 0.2) is 0 Å². The van der Waals surface area contributed by atoms with E-state index in [2.05, 4.69) is 30.1 Å². The minimum Gasteiger partial charge on any atom is -0.385 e. The minimum absolute atomic E-state index is 0.0984. The second-order valence-corrected chi connectivity index (χ2v) is 12.2. The molecular formula is C13H26N4O4Si. The Bertz CT molecular complexity index is 501. The van der Waals surface area contributed by atoms with Gasteiger partial charge >= 0.3 is 5.69 Å². The molecular weight excluding hydrogens is 304 g/mol. The molecule has 0 aliphatic carbocycles. The molecule has 1 heterocycles. The lowest BCUT2D eigenvalue weighted by Gasteiger charge is -2.19. The van der Waals surface area contributed by atoms with Gasteiger partial charge in [0.2, 0.25) is 0 Å². The van der Waals surface area contributed by atoms with Crippen molar-refractivity contribution in [2.45, 2.75) is 51.5 Å². The van der Waals surface area contributed by atoms with Crippen molar-refractivity contribution in [2.24, 2.45) is 0 Å². The number of aliphatic hydroxyl groups excluding tert-OH is 1. The number of rotatable bonds is 9. The zero-order valence-electron chi connectivity index (χ0n) is 13.9. The van der Waals surface area contributed by atoms with E-state index in [1.54, 1.807) is 14.0 Å². The molecule has 1 aromatic rings. The lowest BCUT2D eigenvalue weighted by Crippen LogP contribution is -2.31. The Kier molecular flexibility index (Phi) is 6.66. The zero-order valence-corrected chi connectivity index (χ0v) is 14.9. The highest BCUT2D eigenvalue weighted by molar-refractivity contribution is 6.76. The maximum absolute atomic E-state index is 11.1. The molecule has 0 saturated carbocycles. The Morgan fingerprint density at radius 3 is 2.68 bits per heavy atom. The van der Waals surface area contributed by atoms with E-state index in [0.29, 0.717) is 6.61 Å². The highest BCUT2D eigenvalue weighted by Gasteiger charge is 2.29. The average molecular weight is 330 g/mol. The molecule has 2 atom stereocenters. The number of nitro groups is 1. The maximum atomic E-state index is 11.1. The van der Waals surface area contributed by atoms with Gasteiger partial charge in [-0.2, -0.15) is 5.10 Å². The normalized spacial score (nSPS) is 14.8. The standard InChI is InChI=1S/C13H26N4O4Si/c1-10(14-2)13(18)12-11(17(19)20)8-15-16(12)9-21-6-7-22(3,4)5/h8,10,13-14,18H,6-7,9H2,1-5H3/t10-,13?/m0/s1. The molecule has 2 N–H and O–H groups in total. The smallest absolute Gasteiger partial charge is 0.313 e. The van der Waals surface area contributed by atoms with Crippen LogP contribution in [-0.4, -0.2) is 47.6 Å². The number of nitrogens with zero attached hydrogens (tertiary/aromatic N) is 3. The minimum atomic E-state index is -1.19. The van der Waals surface area contributed by atoms with E-state index in [-0.39, 0.29) is 24.2 Å². The van der Waals surface area contributed by atoms with Crippen LogP contribution in [0.2, 0.25) is 25.7 Å². The molecule has 0 aliphatic rings. The Hall–Kier alpha value is -1.29. The van der Waals surface area contributed by atoms with Crippen molar-refractivity contribution in [3.63, 3.8) is 0 Å². The van der Waals surface area contributed by atoms with E-state index in [9.17, 15) is 15.2 Å². The molecule has 1 rings (SSSR count). The van der Waals surface area contributed by atoms with Gasteiger partial charge in [-0.15, -0.1) is 0 Å². The number of aliphatic hydroxyl groups is 1. The Balaban J connectivity index is 2.84. The van der Waals surface area contributed by atoms with Gasteiger partial charge in [0.25, 0.3) is 0 Å². The molecule has 0 aliphatic heterocycles. The van der Waals surface area contributed by atoms with E-state index in [0.717, 1.165) is 12.2 Å². The molecule has 0 radical (unpaired) electrons. The molecule has 8 nitrogen and oxygen atoms in total. The van der Waals surface area contributed by atoms with Crippen LogP contribution in [-0.2, 0) is 11.5 Å². The number of ether oxygens (including phenoxy) is 1. The van der Waals surface area contributed by atoms with Gasteiger partial charge in [-0.25, -0.2) is 4.68 Å². The summed E-state index contributed by atoms with van der Waals surface area (Å²) in [5.74, 6) is 0. The van der Waals surface area contributed by atoms with E-state index in [4.69, 9.17) is 4.74 Å². The van der Waals surface area contributed by atoms with Crippen LogP contribution in [0.1, 0.15) is 18.7 Å². The first-order valence-corrected chi connectivity index (χ1v) is 11.0. The molecule has 22 heavy (non-hydrogen) atoms. The second-order valence-electron chi connectivity index (χ2n) is 6.54. The third-order valence-corrected chi connectivity index (χ3v) is 5.18. The van der Waals surface area contributed by atoms with E-state index < -0.39 is 19.1 Å². The number of likely N-dealkylation sites (N-methyl/N-ethyl adjacent to an activating group) is 1. The number of nitrogens with one attached hydrogen (secondary N) is 1. The number of hydrogen-bond acceptors (Lipinski definition) is 6. The predicted molar refractivity (Wildman–Crippen MR) is 86.5 cm³/mol. The second kappa shape index (κ2) is 7.81. The van der Waals surface area contributed by atoms with Crippen LogP contribution in [0.15, 0.2) is 6.20 Å². The first kappa shape index (κ1) is 18.8. The van der Waals surface area contributed by atoms with Gasteiger partial charge in [0.05, 0.1) is 4.92 Å². The zero-order chi connectivity index (χ0) is 16.9. The van der Waals surface area contributed by atoms with Gasteiger partial charge in [-0.3, -0.25) is 10.1 Å². The fraction of sp³-hybridized carbons (Fsp3) is 0.769. The summed E-state index contributed by atoms with van der Waals surface area (Å²) < 4.78 is 6.94. The van der Waals surface area contributed by atoms with Gasteiger partial charge in [-0.1, -0.05) is 19.6 Å². The average Bonchev–Trinajstić information content (AvgIpc) is 2.84. The van der Waals surface area contributed by atoms with Crippen molar-refractivity contribution < 1.29 is 14.8 Å². The third-order valence-electron chi connectivity index (χ3n) is 3.48. The summed E-state index contributed by atoms with van der Waals surface area (Å²) in [6.45, 7) is 9.18. The van der Waals surface area contributed by atoms with E-state index >= 15 is 0 Å². The topological polar surface area (TPSA) is 102 Å². The summed E-state index contributed by atoms with van der Waals surface area (Å²) in [6, 6.07) is 0.664. The van der Waals surface area contributed by atoms with Crippen LogP contribution < -0.4 is 5.32 Å². The summed E-state index contributed by atoms with van der Waals surface area (Å²) in [7, 11) is 0.496. The summed E-state index contributed by atoms with van der Waals surface area (Å²) in [5.41, 5.74) is -0.0248. The largest absolute Gasteiger partial charge is 0.385 e. The van der Waals surface area contributed by atoms with Gasteiger partial charge in [0.1, 0.15) is 24.7 Å². The third kappa shape index (κ3) is 5.16. The SMILES string of the molecule is CN[C@@H](C)C(O)c1c([N+](=O)[O-])cnn1COCC[Si](C)(C)C. The fourth-order valence-corrected chi connectivity index (χ4v) is 2.61. The summed E-state index contributed by atoms with van der Waals surface area (Å²) in [6.07, 6.45) is 0.122. The van der Waals surface area contributed by atoms with Crippen molar-refractivity contribution in [1.29, 1.82) is 0 Å². The van der Waals surface area contributed by atoms with Crippen molar-refractivity contribution in [2.75, 3.05) is 13.7 Å². The molecule has 0 bridgehead atoms. The highest BCUT2D eigenvalue weighted by Crippen LogP contribution is 2.27. The number of aromatic nitrogens is 2. The Morgan fingerprint density at radius 2 is 2.18 bits per heavy atom. The van der Waals surface area contributed by atoms with E-state index in [1.807, 2.05) is 0 Å². The van der Waals surface area contributed by atoms with Crippen LogP contribution in [0.4, 0.5) is 5.69 Å². The molecule has 0 fully saturated rings. The van der Waals surface area contributed by atoms with Gasteiger partial charge in [0, 0.05) is 20.7 Å². The van der Waals surface area contributed by atoms with Crippen LogP contribution >= 0.6 is 0 Å². The van der Waals surface area contributed by atoms with Gasteiger partial charge in [-0.05, 0) is 20.0 Å². The van der Waals surface area contributed by atoms with Crippen molar-refractivity contribution >= 4 is 13.8 Å². The lowest BCUT2D eigenvalue weighted by molar-refractivity contribution is -0.386. The highest BCUT2D eigenvalue weighted by atomic mass is 28.3. The summed E-state index contributed by atoms with van der Waals surface area (Å²) >= 11 is 0. The quantitative estimate of drug-likeness (QED) is 0.309.